The number of hydrogen-bond acceptors (Lipinski definition) is 2. The third kappa shape index (κ3) is 7.23. The van der Waals surface area contributed by atoms with Gasteiger partial charge in [0.05, 0.1) is 0 Å². The molecular weight excluding hydrogens is 532 g/mol. The van der Waals surface area contributed by atoms with Crippen molar-refractivity contribution in [1.29, 1.82) is 0 Å². The summed E-state index contributed by atoms with van der Waals surface area (Å²) in [5, 5.41) is 20.4. The normalized spacial score (nSPS) is 10.2. The van der Waals surface area contributed by atoms with Gasteiger partial charge in [0.25, 0.3) is 0 Å². The van der Waals surface area contributed by atoms with Crippen LogP contribution in [0.4, 0.5) is 0 Å². The SMILES string of the molecule is Cc1cc2c(-c3ccccc3)cccc2[cH-]1.Cc1cc2c(-c3ccccc3)cccc2[cH-]1.O[CH-]CO.[Zr+3]. The monoisotopic (exact) mass is 561 g/mol. The van der Waals surface area contributed by atoms with Crippen LogP contribution in [0.25, 0.3) is 43.8 Å². The first kappa shape index (κ1) is 28.5. The van der Waals surface area contributed by atoms with Crippen LogP contribution in [-0.4, -0.2) is 16.8 Å². The van der Waals surface area contributed by atoms with Crippen molar-refractivity contribution in [3.05, 3.63) is 139 Å². The summed E-state index contributed by atoms with van der Waals surface area (Å²) in [5.41, 5.74) is 7.89. The second-order valence-corrected chi connectivity index (χ2v) is 8.78. The van der Waals surface area contributed by atoms with E-state index in [4.69, 9.17) is 10.2 Å². The molecule has 0 aliphatic heterocycles. The number of aliphatic hydroxyl groups is 2. The standard InChI is InChI=1S/2C16H13.C2H5O2.Zr/c2*1-12-10-14-8-5-9-15(16(14)11-12)13-6-3-2-4-7-13;3-1-2-4;/h2*2-11H,1H3;1,3-4H,2H2;/q3*-1;+3. The molecule has 1 radical (unpaired) electrons. The first-order valence-electron chi connectivity index (χ1n) is 12.1. The van der Waals surface area contributed by atoms with E-state index in [1.54, 1.807) is 0 Å². The van der Waals surface area contributed by atoms with Crippen molar-refractivity contribution in [1.82, 2.24) is 0 Å². The first-order chi connectivity index (χ1) is 17.6. The molecule has 0 amide bonds. The smallest absolute Gasteiger partial charge is 0.564 e. The molecule has 0 saturated carbocycles. The van der Waals surface area contributed by atoms with E-state index in [-0.39, 0.29) is 32.8 Å². The summed E-state index contributed by atoms with van der Waals surface area (Å²) in [5.74, 6) is 0. The number of fused-ring (bicyclic) bond motifs is 2. The van der Waals surface area contributed by atoms with E-state index in [0.29, 0.717) is 6.61 Å². The van der Waals surface area contributed by atoms with Gasteiger partial charge in [-0.15, -0.1) is 69.1 Å². The van der Waals surface area contributed by atoms with Gasteiger partial charge in [-0.3, -0.25) is 0 Å². The third-order valence-electron chi connectivity index (χ3n) is 6.04. The Hall–Kier alpha value is -3.10. The van der Waals surface area contributed by atoms with Crippen LogP contribution in [0.5, 0.6) is 0 Å². The molecule has 0 fully saturated rings. The van der Waals surface area contributed by atoms with Crippen molar-refractivity contribution in [2.45, 2.75) is 13.8 Å². The largest absolute Gasteiger partial charge is 3.00 e. The van der Waals surface area contributed by atoms with Gasteiger partial charge >= 0.3 is 26.2 Å². The Labute approximate surface area is 238 Å². The average Bonchev–Trinajstić information content (AvgIpc) is 3.50. The molecular formula is C34H31O2Zr. The molecule has 0 saturated heterocycles. The second-order valence-electron chi connectivity index (χ2n) is 8.78. The molecule has 6 aromatic rings. The van der Waals surface area contributed by atoms with Crippen LogP contribution < -0.4 is 0 Å². The number of hydrogen-bond donors (Lipinski definition) is 2. The van der Waals surface area contributed by atoms with Crippen LogP contribution in [0.2, 0.25) is 0 Å². The van der Waals surface area contributed by atoms with E-state index in [1.807, 2.05) is 0 Å². The molecule has 0 spiro atoms. The predicted octanol–water partition coefficient (Wildman–Crippen LogP) is 8.58. The zero-order chi connectivity index (χ0) is 25.3. The van der Waals surface area contributed by atoms with Crippen molar-refractivity contribution in [2.24, 2.45) is 0 Å². The van der Waals surface area contributed by atoms with Crippen molar-refractivity contribution in [3.63, 3.8) is 0 Å². The molecule has 2 nitrogen and oxygen atoms in total. The third-order valence-corrected chi connectivity index (χ3v) is 6.04. The molecule has 0 unspecified atom stereocenters. The number of aliphatic hydroxyl groups excluding tert-OH is 2. The van der Waals surface area contributed by atoms with Crippen molar-refractivity contribution >= 4 is 21.5 Å². The van der Waals surface area contributed by atoms with Crippen molar-refractivity contribution in [3.8, 4) is 22.3 Å². The fraction of sp³-hybridized carbons (Fsp3) is 0.0882. The number of benzene rings is 4. The van der Waals surface area contributed by atoms with E-state index < -0.39 is 0 Å². The quantitative estimate of drug-likeness (QED) is 0.212. The van der Waals surface area contributed by atoms with E-state index in [0.717, 1.165) is 0 Å². The fourth-order valence-electron chi connectivity index (χ4n) is 4.51. The minimum absolute atomic E-state index is 0. The van der Waals surface area contributed by atoms with Crippen LogP contribution >= 0.6 is 0 Å². The zero-order valence-corrected chi connectivity index (χ0v) is 23.7. The van der Waals surface area contributed by atoms with Crippen LogP contribution in [-0.2, 0) is 26.2 Å². The Morgan fingerprint density at radius 2 is 0.973 bits per heavy atom. The molecule has 0 aliphatic carbocycles. The summed E-state index contributed by atoms with van der Waals surface area (Å²) in [6.45, 7) is 4.73. The predicted molar refractivity (Wildman–Crippen MR) is 153 cm³/mol. The van der Waals surface area contributed by atoms with Gasteiger partial charge in [-0.05, 0) is 11.1 Å². The summed E-state index contributed by atoms with van der Waals surface area (Å²) >= 11 is 0. The molecule has 183 valence electrons. The molecule has 6 rings (SSSR count). The molecule has 0 heterocycles. The molecule has 3 heteroatoms. The molecule has 0 aliphatic rings. The molecule has 37 heavy (non-hydrogen) atoms. The van der Waals surface area contributed by atoms with Crippen molar-refractivity contribution < 1.29 is 36.4 Å². The maximum absolute atomic E-state index is 7.57. The maximum Gasteiger partial charge on any atom is 3.00 e. The van der Waals surface area contributed by atoms with Gasteiger partial charge in [-0.1, -0.05) is 104 Å². The van der Waals surface area contributed by atoms with Gasteiger partial charge in [-0.25, -0.2) is 0 Å². The molecule has 0 atom stereocenters. The average molecular weight is 563 g/mol. The topological polar surface area (TPSA) is 40.5 Å². The van der Waals surface area contributed by atoms with Gasteiger partial charge in [0.1, 0.15) is 0 Å². The van der Waals surface area contributed by atoms with E-state index in [2.05, 4.69) is 135 Å². The Kier molecular flexibility index (Phi) is 10.8. The minimum Gasteiger partial charge on any atom is -0.564 e. The first-order valence-corrected chi connectivity index (χ1v) is 12.1. The Morgan fingerprint density at radius 1 is 0.595 bits per heavy atom. The van der Waals surface area contributed by atoms with E-state index in [1.165, 1.54) is 54.9 Å². The van der Waals surface area contributed by atoms with Crippen LogP contribution in [0.1, 0.15) is 11.1 Å². The van der Waals surface area contributed by atoms with Gasteiger partial charge in [0, 0.05) is 0 Å². The van der Waals surface area contributed by atoms with Gasteiger partial charge in [0.2, 0.25) is 0 Å². The molecule has 2 N–H and O–H groups in total. The summed E-state index contributed by atoms with van der Waals surface area (Å²) in [6.07, 6.45) is 0. The van der Waals surface area contributed by atoms with Crippen LogP contribution in [0, 0.1) is 20.5 Å². The Balaban J connectivity index is 0.000000176. The van der Waals surface area contributed by atoms with Gasteiger partial charge in [0.15, 0.2) is 0 Å². The molecule has 0 bridgehead atoms. The van der Waals surface area contributed by atoms with E-state index in [9.17, 15) is 0 Å². The summed E-state index contributed by atoms with van der Waals surface area (Å²) < 4.78 is 0. The fourth-order valence-corrected chi connectivity index (χ4v) is 4.51. The number of aryl methyl sites for hydroxylation is 2. The van der Waals surface area contributed by atoms with Gasteiger partial charge in [-0.2, -0.15) is 18.7 Å². The summed E-state index contributed by atoms with van der Waals surface area (Å²) in [7, 11) is 0. The maximum atomic E-state index is 7.57. The van der Waals surface area contributed by atoms with E-state index >= 15 is 0 Å². The van der Waals surface area contributed by atoms with Crippen LogP contribution in [0.15, 0.2) is 121 Å². The zero-order valence-electron chi connectivity index (χ0n) is 21.2. The van der Waals surface area contributed by atoms with Gasteiger partial charge < -0.3 is 10.2 Å². The Bertz CT molecular complexity index is 1390. The molecule has 0 aromatic heterocycles. The Morgan fingerprint density at radius 3 is 1.32 bits per heavy atom. The molecule has 6 aromatic carbocycles. The minimum atomic E-state index is -0.250. The number of rotatable bonds is 3. The second kappa shape index (κ2) is 14.0. The van der Waals surface area contributed by atoms with Crippen LogP contribution in [0.3, 0.4) is 0 Å². The summed E-state index contributed by atoms with van der Waals surface area (Å²) in [6, 6.07) is 43.1. The summed E-state index contributed by atoms with van der Waals surface area (Å²) in [4.78, 5) is 0. The van der Waals surface area contributed by atoms with Crippen molar-refractivity contribution in [2.75, 3.05) is 6.61 Å².